The summed E-state index contributed by atoms with van der Waals surface area (Å²) in [6.07, 6.45) is 7.83. The minimum atomic E-state index is 0.0429. The monoisotopic (exact) mass is 325 g/mol. The molecule has 0 bridgehead atoms. The number of benzene rings is 1. The summed E-state index contributed by atoms with van der Waals surface area (Å²) in [5.74, 6) is 0.0429. The van der Waals surface area contributed by atoms with Crippen LogP contribution in [0.2, 0.25) is 0 Å². The van der Waals surface area contributed by atoms with Crippen LogP contribution >= 0.6 is 11.3 Å². The molecular formula is C18H19N3OS. The van der Waals surface area contributed by atoms with Gasteiger partial charge in [-0.3, -0.25) is 4.79 Å². The Kier molecular flexibility index (Phi) is 3.87. The minimum Gasteiger partial charge on any atom is -0.361 e. The summed E-state index contributed by atoms with van der Waals surface area (Å²) < 4.78 is 0. The number of rotatable bonds is 4. The Hall–Kier alpha value is -2.14. The zero-order chi connectivity index (χ0) is 15.6. The molecule has 4 nitrogen and oxygen atoms in total. The number of H-pyrrole nitrogens is 1. The Balaban J connectivity index is 1.39. The van der Waals surface area contributed by atoms with Crippen LogP contribution in [0.3, 0.4) is 0 Å². The molecule has 0 spiro atoms. The average molecular weight is 325 g/mol. The minimum absolute atomic E-state index is 0.0429. The van der Waals surface area contributed by atoms with E-state index in [-0.39, 0.29) is 5.91 Å². The zero-order valence-electron chi connectivity index (χ0n) is 12.9. The number of carbonyl (C=O) groups excluding carboxylic acids is 1. The largest absolute Gasteiger partial charge is 0.361 e. The van der Waals surface area contributed by atoms with Gasteiger partial charge in [-0.25, -0.2) is 4.98 Å². The van der Waals surface area contributed by atoms with Gasteiger partial charge in [0.05, 0.1) is 5.69 Å². The van der Waals surface area contributed by atoms with Gasteiger partial charge in [0, 0.05) is 28.4 Å². The number of hydrogen-bond donors (Lipinski definition) is 2. The van der Waals surface area contributed by atoms with Crippen molar-refractivity contribution in [3.63, 3.8) is 0 Å². The van der Waals surface area contributed by atoms with Gasteiger partial charge < -0.3 is 10.3 Å². The van der Waals surface area contributed by atoms with Gasteiger partial charge in [0.15, 0.2) is 5.13 Å². The maximum Gasteiger partial charge on any atom is 0.226 e. The third kappa shape index (κ3) is 3.01. The number of carbonyl (C=O) groups is 1. The van der Waals surface area contributed by atoms with Crippen molar-refractivity contribution in [1.29, 1.82) is 0 Å². The van der Waals surface area contributed by atoms with Crippen LogP contribution in [0.25, 0.3) is 10.9 Å². The topological polar surface area (TPSA) is 57.8 Å². The molecule has 1 amide bonds. The highest BCUT2D eigenvalue weighted by atomic mass is 32.1. The van der Waals surface area contributed by atoms with Gasteiger partial charge in [0.2, 0.25) is 5.91 Å². The molecule has 2 N–H and O–H groups in total. The summed E-state index contributed by atoms with van der Waals surface area (Å²) in [5.41, 5.74) is 3.50. The molecule has 1 aromatic carbocycles. The number of aromatic amines is 1. The molecule has 118 valence electrons. The van der Waals surface area contributed by atoms with Crippen LogP contribution < -0.4 is 5.32 Å². The Morgan fingerprint density at radius 3 is 3.04 bits per heavy atom. The molecule has 2 heterocycles. The smallest absolute Gasteiger partial charge is 0.226 e. The number of hydrogen-bond acceptors (Lipinski definition) is 3. The van der Waals surface area contributed by atoms with Gasteiger partial charge in [0.1, 0.15) is 0 Å². The van der Waals surface area contributed by atoms with E-state index >= 15 is 0 Å². The van der Waals surface area contributed by atoms with Gasteiger partial charge >= 0.3 is 0 Å². The summed E-state index contributed by atoms with van der Waals surface area (Å²) in [7, 11) is 0. The second-order valence-electron chi connectivity index (χ2n) is 6.00. The van der Waals surface area contributed by atoms with Crippen molar-refractivity contribution in [2.45, 2.75) is 38.5 Å². The van der Waals surface area contributed by atoms with Crippen molar-refractivity contribution in [2.75, 3.05) is 5.32 Å². The summed E-state index contributed by atoms with van der Waals surface area (Å²) >= 11 is 1.64. The highest BCUT2D eigenvalue weighted by Crippen LogP contribution is 2.29. The van der Waals surface area contributed by atoms with E-state index in [0.29, 0.717) is 6.42 Å². The van der Waals surface area contributed by atoms with E-state index in [4.69, 9.17) is 0 Å². The van der Waals surface area contributed by atoms with Crippen LogP contribution in [0.4, 0.5) is 5.13 Å². The predicted octanol–water partition coefficient (Wildman–Crippen LogP) is 4.07. The lowest BCUT2D eigenvalue weighted by Crippen LogP contribution is -2.12. The normalized spacial score (nSPS) is 13.9. The second-order valence-corrected chi connectivity index (χ2v) is 7.09. The number of para-hydroxylation sites is 1. The molecule has 2 aromatic heterocycles. The molecule has 0 radical (unpaired) electrons. The molecule has 0 saturated heterocycles. The van der Waals surface area contributed by atoms with E-state index in [9.17, 15) is 4.79 Å². The lowest BCUT2D eigenvalue weighted by molar-refractivity contribution is -0.116. The Bertz CT molecular complexity index is 825. The highest BCUT2D eigenvalue weighted by molar-refractivity contribution is 7.15. The van der Waals surface area contributed by atoms with Gasteiger partial charge in [-0.15, -0.1) is 11.3 Å². The molecule has 0 atom stereocenters. The second kappa shape index (κ2) is 6.16. The van der Waals surface area contributed by atoms with Gasteiger partial charge in [-0.2, -0.15) is 0 Å². The van der Waals surface area contributed by atoms with Crippen LogP contribution in [0, 0.1) is 0 Å². The average Bonchev–Trinajstić information content (AvgIpc) is 3.16. The van der Waals surface area contributed by atoms with E-state index in [2.05, 4.69) is 27.4 Å². The fraction of sp³-hybridized carbons (Fsp3) is 0.333. The van der Waals surface area contributed by atoms with E-state index < -0.39 is 0 Å². The van der Waals surface area contributed by atoms with Crippen LogP contribution in [0.5, 0.6) is 0 Å². The summed E-state index contributed by atoms with van der Waals surface area (Å²) in [6, 6.07) is 8.19. The zero-order valence-corrected chi connectivity index (χ0v) is 13.7. The maximum absolute atomic E-state index is 12.2. The number of amides is 1. The van der Waals surface area contributed by atoms with Crippen LogP contribution in [-0.4, -0.2) is 15.9 Å². The summed E-state index contributed by atoms with van der Waals surface area (Å²) in [6.45, 7) is 0. The first-order chi connectivity index (χ1) is 11.3. The van der Waals surface area contributed by atoms with Gasteiger partial charge in [-0.05, 0) is 43.7 Å². The van der Waals surface area contributed by atoms with Gasteiger partial charge in [-0.1, -0.05) is 18.2 Å². The molecule has 1 aliphatic rings. The standard InChI is InChI=1S/C18H19N3OS/c22-17(21-18-20-15-7-3-4-8-16(15)23-18)10-9-12-11-19-14-6-2-1-5-13(12)14/h1-2,5-6,11,19H,3-4,7-10H2,(H,20,21,22). The molecule has 0 fully saturated rings. The van der Waals surface area contributed by atoms with E-state index in [1.54, 1.807) is 11.3 Å². The molecule has 0 unspecified atom stereocenters. The molecule has 23 heavy (non-hydrogen) atoms. The molecular weight excluding hydrogens is 306 g/mol. The molecule has 3 aromatic rings. The number of thiazole rings is 1. The Labute approximate surface area is 138 Å². The van der Waals surface area contributed by atoms with Crippen LogP contribution in [0.15, 0.2) is 30.5 Å². The van der Waals surface area contributed by atoms with Crippen molar-refractivity contribution >= 4 is 33.3 Å². The lowest BCUT2D eigenvalue weighted by Gasteiger charge is -2.06. The quantitative estimate of drug-likeness (QED) is 0.759. The summed E-state index contributed by atoms with van der Waals surface area (Å²) in [4.78, 5) is 21.4. The van der Waals surface area contributed by atoms with Crippen LogP contribution in [0.1, 0.15) is 35.4 Å². The van der Waals surface area contributed by atoms with E-state index in [1.807, 2.05) is 18.3 Å². The van der Waals surface area contributed by atoms with Crippen molar-refractivity contribution in [1.82, 2.24) is 9.97 Å². The number of aryl methyl sites for hydroxylation is 3. The van der Waals surface area contributed by atoms with Crippen molar-refractivity contribution < 1.29 is 4.79 Å². The van der Waals surface area contributed by atoms with Gasteiger partial charge in [0.25, 0.3) is 0 Å². The number of anilines is 1. The molecule has 5 heteroatoms. The Morgan fingerprint density at radius 1 is 1.26 bits per heavy atom. The van der Waals surface area contributed by atoms with Crippen molar-refractivity contribution in [3.05, 3.63) is 46.6 Å². The number of nitrogens with one attached hydrogen (secondary N) is 2. The predicted molar refractivity (Wildman–Crippen MR) is 94.0 cm³/mol. The van der Waals surface area contributed by atoms with Crippen LogP contribution in [-0.2, 0) is 24.1 Å². The maximum atomic E-state index is 12.2. The van der Waals surface area contributed by atoms with Crippen molar-refractivity contribution in [3.8, 4) is 0 Å². The number of fused-ring (bicyclic) bond motifs is 2. The molecule has 4 rings (SSSR count). The highest BCUT2D eigenvalue weighted by Gasteiger charge is 2.16. The van der Waals surface area contributed by atoms with E-state index in [0.717, 1.165) is 29.9 Å². The molecule has 0 aliphatic heterocycles. The lowest BCUT2D eigenvalue weighted by atomic mass is 10.0. The first-order valence-corrected chi connectivity index (χ1v) is 8.94. The third-order valence-corrected chi connectivity index (χ3v) is 5.46. The first-order valence-electron chi connectivity index (χ1n) is 8.13. The van der Waals surface area contributed by atoms with Crippen molar-refractivity contribution in [2.24, 2.45) is 0 Å². The fourth-order valence-electron chi connectivity index (χ4n) is 3.17. The van der Waals surface area contributed by atoms with E-state index in [1.165, 1.54) is 34.4 Å². The first kappa shape index (κ1) is 14.5. The number of aromatic nitrogens is 2. The molecule has 1 aliphatic carbocycles. The Morgan fingerprint density at radius 2 is 2.13 bits per heavy atom. The SMILES string of the molecule is O=C(CCc1c[nH]c2ccccc12)Nc1nc2c(s1)CCCC2. The third-order valence-electron chi connectivity index (χ3n) is 4.39. The molecule has 0 saturated carbocycles. The fourth-order valence-corrected chi connectivity index (χ4v) is 4.24. The summed E-state index contributed by atoms with van der Waals surface area (Å²) in [5, 5.41) is 4.93. The number of nitrogens with zero attached hydrogens (tertiary/aromatic N) is 1.